The summed E-state index contributed by atoms with van der Waals surface area (Å²) in [5, 5.41) is 7.27. The molecule has 1 atom stereocenters. The van der Waals surface area contributed by atoms with Gasteiger partial charge in [-0.2, -0.15) is 18.3 Å². The topological polar surface area (TPSA) is 29.9 Å². The van der Waals surface area contributed by atoms with E-state index in [1.54, 1.807) is 4.68 Å². The van der Waals surface area contributed by atoms with E-state index in [9.17, 15) is 13.2 Å². The predicted molar refractivity (Wildman–Crippen MR) is 59.7 cm³/mol. The first-order valence-electron chi connectivity index (χ1n) is 5.60. The number of nitrogens with zero attached hydrogens (tertiary/aromatic N) is 2. The van der Waals surface area contributed by atoms with E-state index >= 15 is 0 Å². The summed E-state index contributed by atoms with van der Waals surface area (Å²) in [5.74, 6) is 0. The Morgan fingerprint density at radius 3 is 2.59 bits per heavy atom. The second kappa shape index (κ2) is 5.53. The Kier molecular flexibility index (Phi) is 4.56. The Morgan fingerprint density at radius 2 is 2.12 bits per heavy atom. The average Bonchev–Trinajstić information content (AvgIpc) is 2.51. The Labute approximate surface area is 99.0 Å². The smallest absolute Gasteiger partial charge is 0.310 e. The van der Waals surface area contributed by atoms with Crippen molar-refractivity contribution in [2.24, 2.45) is 7.05 Å². The lowest BCUT2D eigenvalue weighted by Crippen LogP contribution is -2.21. The van der Waals surface area contributed by atoms with Crippen LogP contribution >= 0.6 is 0 Å². The van der Waals surface area contributed by atoms with Crippen LogP contribution in [0.15, 0.2) is 6.20 Å². The Balaban J connectivity index is 2.35. The van der Waals surface area contributed by atoms with E-state index in [4.69, 9.17) is 0 Å². The molecule has 0 saturated carbocycles. The van der Waals surface area contributed by atoms with E-state index in [0.29, 0.717) is 6.54 Å². The van der Waals surface area contributed by atoms with E-state index in [-0.39, 0.29) is 12.5 Å². The highest BCUT2D eigenvalue weighted by atomic mass is 19.4. The standard InChI is InChI=1S/C11H18F3N3/c1-8(10-7-17(3)16-9(10)2)15-6-4-5-11(12,13)14/h7-8,15H,4-6H2,1-3H3. The van der Waals surface area contributed by atoms with Crippen LogP contribution in [0.5, 0.6) is 0 Å². The molecule has 0 aliphatic carbocycles. The third kappa shape index (κ3) is 4.77. The predicted octanol–water partition coefficient (Wildman–Crippen LogP) is 2.72. The number of alkyl halides is 3. The molecule has 0 amide bonds. The fraction of sp³-hybridized carbons (Fsp3) is 0.727. The summed E-state index contributed by atoms with van der Waals surface area (Å²) in [6.45, 7) is 4.18. The van der Waals surface area contributed by atoms with Gasteiger partial charge in [0.25, 0.3) is 0 Å². The first-order chi connectivity index (χ1) is 7.79. The van der Waals surface area contributed by atoms with Crippen molar-refractivity contribution in [2.75, 3.05) is 6.54 Å². The number of hydrogen-bond donors (Lipinski definition) is 1. The van der Waals surface area contributed by atoms with Crippen molar-refractivity contribution in [1.29, 1.82) is 0 Å². The van der Waals surface area contributed by atoms with E-state index in [0.717, 1.165) is 11.3 Å². The van der Waals surface area contributed by atoms with Crippen LogP contribution in [0.1, 0.15) is 37.1 Å². The molecule has 0 spiro atoms. The summed E-state index contributed by atoms with van der Waals surface area (Å²) >= 11 is 0. The van der Waals surface area contributed by atoms with Crippen molar-refractivity contribution < 1.29 is 13.2 Å². The molecule has 0 aliphatic heterocycles. The van der Waals surface area contributed by atoms with Gasteiger partial charge in [-0.15, -0.1) is 0 Å². The number of halogens is 3. The van der Waals surface area contributed by atoms with Crippen LogP contribution in [0.3, 0.4) is 0 Å². The fourth-order valence-corrected chi connectivity index (χ4v) is 1.76. The molecular formula is C11H18F3N3. The number of rotatable bonds is 5. The highest BCUT2D eigenvalue weighted by Crippen LogP contribution is 2.21. The number of nitrogens with one attached hydrogen (secondary N) is 1. The normalized spacial score (nSPS) is 14.0. The van der Waals surface area contributed by atoms with Gasteiger partial charge >= 0.3 is 6.18 Å². The van der Waals surface area contributed by atoms with Crippen LogP contribution in [-0.2, 0) is 7.05 Å². The van der Waals surface area contributed by atoms with Gasteiger partial charge in [-0.1, -0.05) is 0 Å². The maximum atomic E-state index is 11.9. The second-order valence-corrected chi connectivity index (χ2v) is 4.24. The second-order valence-electron chi connectivity index (χ2n) is 4.24. The number of aromatic nitrogens is 2. The molecule has 0 bridgehead atoms. The lowest BCUT2D eigenvalue weighted by Gasteiger charge is -2.13. The highest BCUT2D eigenvalue weighted by Gasteiger charge is 2.26. The first kappa shape index (κ1) is 14.0. The van der Waals surface area contributed by atoms with Crippen molar-refractivity contribution in [3.05, 3.63) is 17.5 Å². The molecule has 1 heterocycles. The Bertz CT molecular complexity index is 357. The molecule has 0 aromatic carbocycles. The van der Waals surface area contributed by atoms with Gasteiger partial charge in [0.1, 0.15) is 0 Å². The van der Waals surface area contributed by atoms with Gasteiger partial charge in [0.05, 0.1) is 5.69 Å². The number of hydrogen-bond acceptors (Lipinski definition) is 2. The minimum absolute atomic E-state index is 0.0249. The lowest BCUT2D eigenvalue weighted by molar-refractivity contribution is -0.135. The van der Waals surface area contributed by atoms with Crippen molar-refractivity contribution in [1.82, 2.24) is 15.1 Å². The third-order valence-electron chi connectivity index (χ3n) is 2.61. The van der Waals surface area contributed by atoms with Gasteiger partial charge in [-0.05, 0) is 26.8 Å². The van der Waals surface area contributed by atoms with Crippen LogP contribution in [0.25, 0.3) is 0 Å². The summed E-state index contributed by atoms with van der Waals surface area (Å²) in [6.07, 6.45) is -2.81. The van der Waals surface area contributed by atoms with Crippen molar-refractivity contribution >= 4 is 0 Å². The summed E-state index contributed by atoms with van der Waals surface area (Å²) in [5.41, 5.74) is 1.93. The molecule has 17 heavy (non-hydrogen) atoms. The van der Waals surface area contributed by atoms with Crippen LogP contribution in [0.2, 0.25) is 0 Å². The monoisotopic (exact) mass is 249 g/mol. The van der Waals surface area contributed by atoms with E-state index in [1.165, 1.54) is 0 Å². The molecule has 0 fully saturated rings. The van der Waals surface area contributed by atoms with E-state index < -0.39 is 12.6 Å². The first-order valence-corrected chi connectivity index (χ1v) is 5.60. The zero-order valence-electron chi connectivity index (χ0n) is 10.3. The SMILES string of the molecule is Cc1nn(C)cc1C(C)NCCCC(F)(F)F. The quantitative estimate of drug-likeness (QED) is 0.813. The average molecular weight is 249 g/mol. The maximum absolute atomic E-state index is 11.9. The van der Waals surface area contributed by atoms with Crippen molar-refractivity contribution in [2.45, 2.75) is 38.9 Å². The molecule has 1 aromatic heterocycles. The van der Waals surface area contributed by atoms with Crippen molar-refractivity contribution in [3.8, 4) is 0 Å². The lowest BCUT2D eigenvalue weighted by atomic mass is 10.1. The van der Waals surface area contributed by atoms with Gasteiger partial charge in [-0.3, -0.25) is 4.68 Å². The summed E-state index contributed by atoms with van der Waals surface area (Å²) in [7, 11) is 1.83. The van der Waals surface area contributed by atoms with Gasteiger partial charge in [-0.25, -0.2) is 0 Å². The number of aryl methyl sites for hydroxylation is 2. The van der Waals surface area contributed by atoms with Gasteiger partial charge in [0.2, 0.25) is 0 Å². The molecule has 0 radical (unpaired) electrons. The van der Waals surface area contributed by atoms with Crippen LogP contribution in [0.4, 0.5) is 13.2 Å². The largest absolute Gasteiger partial charge is 0.389 e. The summed E-state index contributed by atoms with van der Waals surface area (Å²) < 4.78 is 37.5. The van der Waals surface area contributed by atoms with Gasteiger partial charge in [0.15, 0.2) is 0 Å². The zero-order valence-corrected chi connectivity index (χ0v) is 10.3. The maximum Gasteiger partial charge on any atom is 0.389 e. The summed E-state index contributed by atoms with van der Waals surface area (Å²) in [4.78, 5) is 0. The van der Waals surface area contributed by atoms with E-state index in [2.05, 4.69) is 10.4 Å². The minimum atomic E-state index is -4.06. The fourth-order valence-electron chi connectivity index (χ4n) is 1.76. The molecule has 98 valence electrons. The van der Waals surface area contributed by atoms with Crippen LogP contribution in [0, 0.1) is 6.92 Å². The molecule has 3 nitrogen and oxygen atoms in total. The van der Waals surface area contributed by atoms with Crippen LogP contribution in [-0.4, -0.2) is 22.5 Å². The minimum Gasteiger partial charge on any atom is -0.310 e. The van der Waals surface area contributed by atoms with Crippen molar-refractivity contribution in [3.63, 3.8) is 0 Å². The molecule has 1 rings (SSSR count). The Hall–Kier alpha value is -1.04. The Morgan fingerprint density at radius 1 is 1.47 bits per heavy atom. The van der Waals surface area contributed by atoms with E-state index in [1.807, 2.05) is 27.1 Å². The summed E-state index contributed by atoms with van der Waals surface area (Å²) in [6, 6.07) is 0.0249. The van der Waals surface area contributed by atoms with Crippen LogP contribution < -0.4 is 5.32 Å². The molecular weight excluding hydrogens is 231 g/mol. The highest BCUT2D eigenvalue weighted by molar-refractivity contribution is 5.19. The third-order valence-corrected chi connectivity index (χ3v) is 2.61. The van der Waals surface area contributed by atoms with Gasteiger partial charge in [0, 0.05) is 31.3 Å². The van der Waals surface area contributed by atoms with Gasteiger partial charge < -0.3 is 5.32 Å². The molecule has 1 aromatic rings. The molecule has 0 saturated heterocycles. The molecule has 1 N–H and O–H groups in total. The molecule has 6 heteroatoms. The zero-order chi connectivity index (χ0) is 13.1. The molecule has 0 aliphatic rings. The molecule has 1 unspecified atom stereocenters.